The maximum absolute atomic E-state index is 12.4. The first kappa shape index (κ1) is 31.6. The molecule has 1 atom stereocenters. The zero-order valence-corrected chi connectivity index (χ0v) is 26.1. The summed E-state index contributed by atoms with van der Waals surface area (Å²) < 4.78 is 5.88. The van der Waals surface area contributed by atoms with Crippen LogP contribution in [0.15, 0.2) is 12.7 Å². The van der Waals surface area contributed by atoms with Gasteiger partial charge in [-0.1, -0.05) is 13.5 Å². The molecule has 12 nitrogen and oxygen atoms in total. The van der Waals surface area contributed by atoms with Gasteiger partial charge in [0.2, 0.25) is 5.91 Å². The number of ether oxygens (including phenoxy) is 1. The number of nitrogens with one attached hydrogen (secondary N) is 2. The summed E-state index contributed by atoms with van der Waals surface area (Å²) in [5, 5.41) is 6.90. The number of piperidine rings is 1. The number of hydrogen-bond acceptors (Lipinski definition) is 10. The van der Waals surface area contributed by atoms with E-state index in [0.717, 1.165) is 31.7 Å². The number of hydrogen-bond donors (Lipinski definition) is 3. The number of rotatable bonds is 10. The van der Waals surface area contributed by atoms with E-state index in [9.17, 15) is 9.59 Å². The van der Waals surface area contributed by atoms with Crippen molar-refractivity contribution in [3.05, 3.63) is 24.0 Å². The maximum atomic E-state index is 12.4. The molecule has 2 amide bonds. The molecule has 0 spiro atoms. The van der Waals surface area contributed by atoms with Crippen molar-refractivity contribution in [2.45, 2.75) is 76.1 Å². The van der Waals surface area contributed by atoms with Gasteiger partial charge in [0.25, 0.3) is 5.91 Å². The standard InChI is InChI=1S/C31H51N9O3/c1-4-26-30(33-20-25-21-40(18-19-43-25)27(41)5-2)36-31(28(35-26)29(32)42)34-22-6-8-23(9-7-22)38-12-10-24(11-13-38)39-16-14-37(3)15-17-39/h5,22-25H,2,4,6-21H2,1,3H3,(H2,32,42)(H2,33,34,36)/t22?,23?,25-/m0/s1. The molecule has 4 aliphatic rings. The normalized spacial score (nSPS) is 26.7. The number of nitrogens with zero attached hydrogens (tertiary/aromatic N) is 6. The molecule has 1 aromatic rings. The van der Waals surface area contributed by atoms with Crippen LogP contribution in [0.3, 0.4) is 0 Å². The van der Waals surface area contributed by atoms with Crippen LogP contribution in [0.25, 0.3) is 0 Å². The summed E-state index contributed by atoms with van der Waals surface area (Å²) in [4.78, 5) is 43.5. The molecule has 3 saturated heterocycles. The first-order valence-corrected chi connectivity index (χ1v) is 16.2. The number of primary amides is 1. The summed E-state index contributed by atoms with van der Waals surface area (Å²) in [6.07, 6.45) is 8.59. The third kappa shape index (κ3) is 8.03. The van der Waals surface area contributed by atoms with Gasteiger partial charge in [-0.2, -0.15) is 0 Å². The van der Waals surface area contributed by atoms with E-state index in [1.807, 2.05) is 6.92 Å². The van der Waals surface area contributed by atoms with Gasteiger partial charge in [-0.05, 0) is 71.2 Å². The van der Waals surface area contributed by atoms with Crippen LogP contribution in [-0.2, 0) is 16.0 Å². The van der Waals surface area contributed by atoms with Crippen molar-refractivity contribution in [3.8, 4) is 0 Å². The summed E-state index contributed by atoms with van der Waals surface area (Å²) in [6, 6.07) is 1.57. The van der Waals surface area contributed by atoms with Crippen LogP contribution < -0.4 is 16.4 Å². The fourth-order valence-corrected chi connectivity index (χ4v) is 7.10. The van der Waals surface area contributed by atoms with Crippen molar-refractivity contribution >= 4 is 23.5 Å². The highest BCUT2D eigenvalue weighted by molar-refractivity contribution is 5.96. The maximum Gasteiger partial charge on any atom is 0.271 e. The molecule has 0 radical (unpaired) electrons. The van der Waals surface area contributed by atoms with Crippen LogP contribution in [0.4, 0.5) is 11.6 Å². The Balaban J connectivity index is 1.15. The molecule has 43 heavy (non-hydrogen) atoms. The van der Waals surface area contributed by atoms with E-state index in [-0.39, 0.29) is 23.7 Å². The Hall–Kier alpha value is -2.80. The fourth-order valence-electron chi connectivity index (χ4n) is 7.10. The van der Waals surface area contributed by atoms with E-state index in [4.69, 9.17) is 15.5 Å². The van der Waals surface area contributed by atoms with Crippen molar-refractivity contribution in [1.82, 2.24) is 29.6 Å². The molecule has 5 rings (SSSR count). The summed E-state index contributed by atoms with van der Waals surface area (Å²) in [5.74, 6) is 0.381. The van der Waals surface area contributed by atoms with Crippen molar-refractivity contribution in [1.29, 1.82) is 0 Å². The quantitative estimate of drug-likeness (QED) is 0.340. The van der Waals surface area contributed by atoms with E-state index in [1.165, 1.54) is 58.2 Å². The van der Waals surface area contributed by atoms with E-state index in [2.05, 4.69) is 43.9 Å². The molecule has 238 valence electrons. The van der Waals surface area contributed by atoms with E-state index < -0.39 is 5.91 Å². The topological polar surface area (TPSA) is 132 Å². The summed E-state index contributed by atoms with van der Waals surface area (Å²) in [5.41, 5.74) is 6.62. The molecule has 3 aliphatic heterocycles. The molecule has 4 heterocycles. The Bertz CT molecular complexity index is 1110. The number of morpholine rings is 1. The second-order valence-electron chi connectivity index (χ2n) is 12.6. The van der Waals surface area contributed by atoms with Crippen LogP contribution in [0.5, 0.6) is 0 Å². The lowest BCUT2D eigenvalue weighted by Gasteiger charge is -2.45. The largest absolute Gasteiger partial charge is 0.373 e. The lowest BCUT2D eigenvalue weighted by Crippen LogP contribution is -2.53. The molecular formula is C31H51N9O3. The van der Waals surface area contributed by atoms with Crippen LogP contribution in [0.2, 0.25) is 0 Å². The molecule has 12 heteroatoms. The minimum Gasteiger partial charge on any atom is -0.373 e. The Kier molecular flexibility index (Phi) is 10.9. The monoisotopic (exact) mass is 597 g/mol. The number of aromatic nitrogens is 2. The number of aryl methyl sites for hydroxylation is 1. The summed E-state index contributed by atoms with van der Waals surface area (Å²) in [6.45, 7) is 14.7. The molecular weight excluding hydrogens is 546 g/mol. The minimum absolute atomic E-state index is 0.0931. The lowest BCUT2D eigenvalue weighted by molar-refractivity contribution is -0.132. The first-order valence-electron chi connectivity index (χ1n) is 16.2. The number of likely N-dealkylation sites (tertiary alicyclic amines) is 1. The average Bonchev–Trinajstić information content (AvgIpc) is 3.04. The van der Waals surface area contributed by atoms with Crippen molar-refractivity contribution < 1.29 is 14.3 Å². The predicted molar refractivity (Wildman–Crippen MR) is 168 cm³/mol. The van der Waals surface area contributed by atoms with Crippen molar-refractivity contribution in [3.63, 3.8) is 0 Å². The van der Waals surface area contributed by atoms with E-state index in [0.29, 0.717) is 56.0 Å². The third-order valence-corrected chi connectivity index (χ3v) is 9.77. The fraction of sp³-hybridized carbons (Fsp3) is 0.742. The van der Waals surface area contributed by atoms with Crippen LogP contribution in [0.1, 0.15) is 61.6 Å². The van der Waals surface area contributed by atoms with Crippen LogP contribution in [-0.4, -0.2) is 138 Å². The Labute approximate surface area is 256 Å². The molecule has 4 fully saturated rings. The van der Waals surface area contributed by atoms with Gasteiger partial charge in [-0.3, -0.25) is 14.5 Å². The number of amides is 2. The van der Waals surface area contributed by atoms with Crippen molar-refractivity contribution in [2.75, 3.05) is 83.2 Å². The third-order valence-electron chi connectivity index (χ3n) is 9.77. The zero-order chi connectivity index (χ0) is 30.3. The molecule has 0 aromatic carbocycles. The number of carbonyl (C=O) groups excluding carboxylic acids is 2. The number of carbonyl (C=O) groups is 2. The van der Waals surface area contributed by atoms with Gasteiger partial charge in [0.15, 0.2) is 11.5 Å². The highest BCUT2D eigenvalue weighted by Crippen LogP contribution is 2.30. The Morgan fingerprint density at radius 2 is 1.63 bits per heavy atom. The second kappa shape index (κ2) is 14.8. The SMILES string of the molecule is C=CC(=O)N1CCO[C@@H](CNc2nc(NC3CCC(N4CCC(N5CCN(C)CC5)CC4)CC3)c(C(N)=O)nc2CC)C1. The zero-order valence-electron chi connectivity index (χ0n) is 26.1. The van der Waals surface area contributed by atoms with Gasteiger partial charge >= 0.3 is 0 Å². The van der Waals surface area contributed by atoms with Crippen LogP contribution >= 0.6 is 0 Å². The molecule has 1 aliphatic carbocycles. The van der Waals surface area contributed by atoms with Gasteiger partial charge in [-0.25, -0.2) is 9.97 Å². The number of likely N-dealkylation sites (N-methyl/N-ethyl adjacent to an activating group) is 1. The Morgan fingerprint density at radius 3 is 2.28 bits per heavy atom. The summed E-state index contributed by atoms with van der Waals surface area (Å²) in [7, 11) is 2.22. The predicted octanol–water partition coefficient (Wildman–Crippen LogP) is 1.40. The molecule has 1 aromatic heterocycles. The first-order chi connectivity index (χ1) is 20.8. The number of nitrogens with two attached hydrogens (primary N) is 1. The van der Waals surface area contributed by atoms with E-state index >= 15 is 0 Å². The molecule has 1 saturated carbocycles. The minimum atomic E-state index is -0.581. The van der Waals surface area contributed by atoms with Gasteiger partial charge < -0.3 is 35.8 Å². The Morgan fingerprint density at radius 1 is 0.953 bits per heavy atom. The van der Waals surface area contributed by atoms with Gasteiger partial charge in [0, 0.05) is 63.9 Å². The number of anilines is 2. The lowest BCUT2D eigenvalue weighted by atomic mass is 9.88. The molecule has 0 unspecified atom stereocenters. The molecule has 4 N–H and O–H groups in total. The highest BCUT2D eigenvalue weighted by Gasteiger charge is 2.32. The molecule has 0 bridgehead atoms. The smallest absolute Gasteiger partial charge is 0.271 e. The van der Waals surface area contributed by atoms with Crippen molar-refractivity contribution in [2.24, 2.45) is 5.73 Å². The average molecular weight is 598 g/mol. The summed E-state index contributed by atoms with van der Waals surface area (Å²) >= 11 is 0. The highest BCUT2D eigenvalue weighted by atomic mass is 16.5. The second-order valence-corrected chi connectivity index (χ2v) is 12.6. The number of piperazine rings is 1. The van der Waals surface area contributed by atoms with Gasteiger partial charge in [0.05, 0.1) is 18.4 Å². The van der Waals surface area contributed by atoms with Crippen LogP contribution in [0, 0.1) is 0 Å². The van der Waals surface area contributed by atoms with Gasteiger partial charge in [-0.15, -0.1) is 0 Å². The van der Waals surface area contributed by atoms with Gasteiger partial charge in [0.1, 0.15) is 5.82 Å². The van der Waals surface area contributed by atoms with E-state index in [1.54, 1.807) is 4.90 Å².